The Hall–Kier alpha value is -1.99. The van der Waals surface area contributed by atoms with E-state index in [4.69, 9.17) is 4.74 Å². The maximum absolute atomic E-state index is 13.5. The third kappa shape index (κ3) is 3.85. The number of fused-ring (bicyclic) bond motifs is 2. The first kappa shape index (κ1) is 22.5. The summed E-state index contributed by atoms with van der Waals surface area (Å²) < 4.78 is 6.17. The summed E-state index contributed by atoms with van der Waals surface area (Å²) in [6.07, 6.45) is 5.55. The van der Waals surface area contributed by atoms with Gasteiger partial charge >= 0.3 is 5.97 Å². The van der Waals surface area contributed by atoms with Crippen LogP contribution in [0.4, 0.5) is 0 Å². The molecule has 3 fully saturated rings. The molecule has 1 N–H and O–H groups in total. The molecular weight excluding hydrogens is 462 g/mol. The number of benzene rings is 1. The van der Waals surface area contributed by atoms with Crippen LogP contribution in [-0.2, 0) is 15.1 Å². The maximum Gasteiger partial charge on any atom is 0.349 e. The highest BCUT2D eigenvalue weighted by molar-refractivity contribution is 7.12. The summed E-state index contributed by atoms with van der Waals surface area (Å²) in [5.74, 6) is 1.10. The minimum absolute atomic E-state index is 0.102. The summed E-state index contributed by atoms with van der Waals surface area (Å²) in [6.45, 7) is 2.23. The summed E-state index contributed by atoms with van der Waals surface area (Å²) in [5, 5.41) is 15.4. The molecule has 34 heavy (non-hydrogen) atoms. The van der Waals surface area contributed by atoms with Crippen molar-refractivity contribution in [1.82, 2.24) is 4.90 Å². The number of esters is 1. The number of hydrogen-bond acceptors (Lipinski definition) is 6. The van der Waals surface area contributed by atoms with Gasteiger partial charge < -0.3 is 9.84 Å². The molecule has 0 spiro atoms. The molecule has 0 radical (unpaired) electrons. The van der Waals surface area contributed by atoms with E-state index in [0.29, 0.717) is 33.5 Å². The van der Waals surface area contributed by atoms with Gasteiger partial charge in [-0.05, 0) is 85.5 Å². The van der Waals surface area contributed by atoms with Crippen LogP contribution in [0.15, 0.2) is 65.4 Å². The van der Waals surface area contributed by atoms with Crippen LogP contribution >= 0.6 is 22.7 Å². The van der Waals surface area contributed by atoms with Gasteiger partial charge in [0.1, 0.15) is 6.10 Å². The van der Waals surface area contributed by atoms with Crippen LogP contribution in [0.5, 0.6) is 0 Å². The molecule has 0 amide bonds. The first-order valence-corrected chi connectivity index (χ1v) is 14.2. The van der Waals surface area contributed by atoms with Crippen molar-refractivity contribution >= 4 is 28.6 Å². The Morgan fingerprint density at radius 2 is 1.59 bits per heavy atom. The quantitative estimate of drug-likeness (QED) is 0.452. The molecule has 4 atom stereocenters. The number of nitrogens with zero attached hydrogens (tertiary/aromatic N) is 1. The average molecular weight is 494 g/mol. The number of thiophene rings is 2. The number of ether oxygens (including phenoxy) is 1. The van der Waals surface area contributed by atoms with Crippen LogP contribution in [0.2, 0.25) is 0 Å². The highest BCUT2D eigenvalue weighted by Crippen LogP contribution is 2.50. The predicted octanol–water partition coefficient (Wildman–Crippen LogP) is 5.64. The van der Waals surface area contributed by atoms with Gasteiger partial charge in [0.2, 0.25) is 5.60 Å². The number of hydrogen-bond donors (Lipinski definition) is 1. The third-order valence-electron chi connectivity index (χ3n) is 8.34. The topological polar surface area (TPSA) is 49.8 Å². The summed E-state index contributed by atoms with van der Waals surface area (Å²) in [6, 6.07) is 18.8. The number of rotatable bonds is 6. The highest BCUT2D eigenvalue weighted by atomic mass is 32.1. The fourth-order valence-electron chi connectivity index (χ4n) is 6.71. The van der Waals surface area contributed by atoms with E-state index in [-0.39, 0.29) is 6.10 Å². The molecule has 2 aliphatic carbocycles. The Morgan fingerprint density at radius 3 is 2.21 bits per heavy atom. The Balaban J connectivity index is 1.15. The summed E-state index contributed by atoms with van der Waals surface area (Å²) >= 11 is 2.80. The van der Waals surface area contributed by atoms with Crippen LogP contribution in [0.25, 0.3) is 0 Å². The van der Waals surface area contributed by atoms with E-state index < -0.39 is 11.6 Å². The van der Waals surface area contributed by atoms with Crippen LogP contribution in [0.1, 0.15) is 53.3 Å². The van der Waals surface area contributed by atoms with Crippen molar-refractivity contribution in [2.75, 3.05) is 13.1 Å². The fraction of sp³-hybridized carbons (Fsp3) is 0.464. The normalized spacial score (nSPS) is 27.8. The molecule has 6 heteroatoms. The summed E-state index contributed by atoms with van der Waals surface area (Å²) in [4.78, 5) is 17.4. The maximum atomic E-state index is 13.5. The van der Waals surface area contributed by atoms with Crippen LogP contribution in [0.3, 0.4) is 0 Å². The van der Waals surface area contributed by atoms with E-state index in [2.05, 4.69) is 35.2 Å². The first-order valence-electron chi connectivity index (χ1n) is 12.4. The Kier molecular flexibility index (Phi) is 6.10. The first-order chi connectivity index (χ1) is 16.6. The lowest BCUT2D eigenvalue weighted by molar-refractivity contribution is -0.170. The van der Waals surface area contributed by atoms with E-state index in [1.54, 1.807) is 0 Å². The minimum Gasteiger partial charge on any atom is -0.459 e. The minimum atomic E-state index is -1.71. The number of piperidine rings is 1. The van der Waals surface area contributed by atoms with Gasteiger partial charge in [-0.3, -0.25) is 4.90 Å². The van der Waals surface area contributed by atoms with Crippen molar-refractivity contribution in [1.29, 1.82) is 0 Å². The molecule has 2 aromatic heterocycles. The molecule has 1 aliphatic heterocycles. The average Bonchev–Trinajstić information content (AvgIpc) is 3.69. The van der Waals surface area contributed by atoms with Gasteiger partial charge in [0.25, 0.3) is 0 Å². The van der Waals surface area contributed by atoms with E-state index in [1.165, 1.54) is 47.5 Å². The molecule has 3 aromatic rings. The van der Waals surface area contributed by atoms with E-state index in [9.17, 15) is 9.90 Å². The number of carbonyl (C=O) groups excluding carboxylic acids is 1. The largest absolute Gasteiger partial charge is 0.459 e. The highest BCUT2D eigenvalue weighted by Gasteiger charge is 2.54. The molecule has 2 bridgehead atoms. The van der Waals surface area contributed by atoms with Crippen LogP contribution < -0.4 is 0 Å². The molecule has 178 valence electrons. The number of aliphatic hydroxyl groups is 1. The summed E-state index contributed by atoms with van der Waals surface area (Å²) in [5.41, 5.74) is -0.252. The monoisotopic (exact) mass is 493 g/mol. The van der Waals surface area contributed by atoms with Crippen molar-refractivity contribution in [3.05, 3.63) is 80.7 Å². The van der Waals surface area contributed by atoms with E-state index >= 15 is 0 Å². The zero-order chi connectivity index (χ0) is 23.1. The molecule has 2 unspecified atom stereocenters. The second-order valence-corrected chi connectivity index (χ2v) is 12.0. The Morgan fingerprint density at radius 1 is 0.912 bits per heavy atom. The van der Waals surface area contributed by atoms with Gasteiger partial charge in [-0.25, -0.2) is 4.79 Å². The Labute approximate surface area is 209 Å². The predicted molar refractivity (Wildman–Crippen MR) is 136 cm³/mol. The molecular formula is C28H31NO3S2. The van der Waals surface area contributed by atoms with Gasteiger partial charge in [0, 0.05) is 12.0 Å². The van der Waals surface area contributed by atoms with Crippen LogP contribution in [-0.4, -0.2) is 41.2 Å². The Bertz CT molecular complexity index is 1060. The standard InChI is InChI=1S/C28H31NO3S2/c30-27(28(31,24-8-4-16-33-24)25-9-5-17-34-25)32-23-18-21-10-11-22(23)26(21)29-14-12-20(13-15-29)19-6-2-1-3-7-19/h1-9,16-17,20-23,26,31H,10-15,18H2/t21?,22-,23-,26?/m1/s1. The lowest BCUT2D eigenvalue weighted by Gasteiger charge is -2.38. The van der Waals surface area contributed by atoms with Crippen molar-refractivity contribution < 1.29 is 14.6 Å². The number of likely N-dealkylation sites (tertiary alicyclic amines) is 1. The van der Waals surface area contributed by atoms with Gasteiger partial charge in [-0.2, -0.15) is 0 Å². The molecule has 6 rings (SSSR count). The SMILES string of the molecule is O=C(O[C@@H]1CC2CC[C@H]1C2N1CCC(c2ccccc2)CC1)C(O)(c1cccs1)c1cccs1. The smallest absolute Gasteiger partial charge is 0.349 e. The fourth-order valence-corrected chi connectivity index (χ4v) is 8.42. The van der Waals surface area contributed by atoms with Crippen molar-refractivity contribution in [2.45, 2.75) is 55.8 Å². The second kappa shape index (κ2) is 9.23. The van der Waals surface area contributed by atoms with Gasteiger partial charge in [-0.15, -0.1) is 22.7 Å². The molecule has 2 saturated carbocycles. The van der Waals surface area contributed by atoms with Crippen molar-refractivity contribution in [3.63, 3.8) is 0 Å². The third-order valence-corrected chi connectivity index (χ3v) is 10.3. The van der Waals surface area contributed by atoms with Gasteiger partial charge in [0.15, 0.2) is 0 Å². The van der Waals surface area contributed by atoms with Crippen molar-refractivity contribution in [3.8, 4) is 0 Å². The van der Waals surface area contributed by atoms with Crippen molar-refractivity contribution in [2.24, 2.45) is 11.8 Å². The molecule has 1 aromatic carbocycles. The number of carbonyl (C=O) groups is 1. The summed E-state index contributed by atoms with van der Waals surface area (Å²) in [7, 11) is 0. The van der Waals surface area contributed by atoms with E-state index in [1.807, 2.05) is 35.0 Å². The van der Waals surface area contributed by atoms with Gasteiger partial charge in [-0.1, -0.05) is 42.5 Å². The van der Waals surface area contributed by atoms with Gasteiger partial charge in [0.05, 0.1) is 9.75 Å². The second-order valence-electron chi connectivity index (χ2n) is 10.1. The lowest BCUT2D eigenvalue weighted by atomic mass is 9.88. The molecule has 1 saturated heterocycles. The van der Waals surface area contributed by atoms with Crippen LogP contribution in [0, 0.1) is 11.8 Å². The zero-order valence-corrected chi connectivity index (χ0v) is 20.8. The molecule has 4 nitrogen and oxygen atoms in total. The molecule has 3 aliphatic rings. The van der Waals surface area contributed by atoms with E-state index in [0.717, 1.165) is 25.9 Å². The lowest BCUT2D eigenvalue weighted by Crippen LogP contribution is -2.45. The molecule has 3 heterocycles. The zero-order valence-electron chi connectivity index (χ0n) is 19.2.